The van der Waals surface area contributed by atoms with E-state index in [1.807, 2.05) is 15.9 Å². The normalized spacial score (nSPS) is 18.0. The van der Waals surface area contributed by atoms with Crippen LogP contribution in [-0.2, 0) is 16.1 Å². The maximum Gasteiger partial charge on any atom is 0.244 e. The molecule has 1 aromatic carbocycles. The monoisotopic (exact) mass is 383 g/mol. The van der Waals surface area contributed by atoms with Gasteiger partial charge in [-0.3, -0.25) is 24.0 Å². The van der Waals surface area contributed by atoms with Crippen LogP contribution < -0.4 is 5.43 Å². The van der Waals surface area contributed by atoms with Gasteiger partial charge in [-0.1, -0.05) is 12.1 Å². The van der Waals surface area contributed by atoms with Crippen LogP contribution in [0, 0.1) is 0 Å². The molecule has 2 fully saturated rings. The first kappa shape index (κ1) is 18.6. The van der Waals surface area contributed by atoms with Crippen LogP contribution in [0.5, 0.6) is 0 Å². The molecule has 0 N–H and O–H groups in total. The number of rotatable bonds is 4. The Labute approximate surface area is 163 Å². The molecule has 1 aromatic heterocycles. The SMILES string of the molecule is O=C(CN1CCN(C(=O)Cn2ncc(=O)c3ccccc32)CC1)N1CCCC1. The van der Waals surface area contributed by atoms with Crippen LogP contribution in [0.25, 0.3) is 10.9 Å². The van der Waals surface area contributed by atoms with Crippen molar-refractivity contribution < 1.29 is 9.59 Å². The van der Waals surface area contributed by atoms with Crippen molar-refractivity contribution in [2.45, 2.75) is 19.4 Å². The number of nitrogens with zero attached hydrogens (tertiary/aromatic N) is 5. The fourth-order valence-electron chi connectivity index (χ4n) is 3.93. The van der Waals surface area contributed by atoms with Gasteiger partial charge in [0.25, 0.3) is 0 Å². The van der Waals surface area contributed by atoms with Gasteiger partial charge in [-0.05, 0) is 25.0 Å². The van der Waals surface area contributed by atoms with Crippen molar-refractivity contribution in [1.82, 2.24) is 24.5 Å². The van der Waals surface area contributed by atoms with Gasteiger partial charge in [-0.25, -0.2) is 0 Å². The maximum atomic E-state index is 12.7. The number of hydrogen-bond donors (Lipinski definition) is 0. The van der Waals surface area contributed by atoms with Gasteiger partial charge in [0.2, 0.25) is 17.2 Å². The standard InChI is InChI=1S/C20H25N5O3/c26-18-13-21-25(17-6-2-1-5-16(17)18)15-20(28)24-11-9-22(10-12-24)14-19(27)23-7-3-4-8-23/h1-2,5-6,13H,3-4,7-12,14-15H2. The fraction of sp³-hybridized carbons (Fsp3) is 0.500. The third-order valence-electron chi connectivity index (χ3n) is 5.59. The minimum atomic E-state index is -0.143. The van der Waals surface area contributed by atoms with E-state index in [-0.39, 0.29) is 23.8 Å². The topological polar surface area (TPSA) is 78.8 Å². The van der Waals surface area contributed by atoms with Crippen LogP contribution >= 0.6 is 0 Å². The number of piperazine rings is 1. The van der Waals surface area contributed by atoms with Crippen LogP contribution in [0.1, 0.15) is 12.8 Å². The first-order chi connectivity index (χ1) is 13.6. The molecule has 0 saturated carbocycles. The van der Waals surface area contributed by atoms with E-state index < -0.39 is 0 Å². The maximum absolute atomic E-state index is 12.7. The Morgan fingerprint density at radius 3 is 2.25 bits per heavy atom. The van der Waals surface area contributed by atoms with E-state index in [9.17, 15) is 14.4 Å². The number of para-hydroxylation sites is 1. The molecule has 0 bridgehead atoms. The Kier molecular flexibility index (Phi) is 5.38. The van der Waals surface area contributed by atoms with E-state index in [0.29, 0.717) is 43.6 Å². The molecule has 2 saturated heterocycles. The number of carbonyl (C=O) groups excluding carboxylic acids is 2. The highest BCUT2D eigenvalue weighted by atomic mass is 16.2. The van der Waals surface area contributed by atoms with Gasteiger partial charge in [0.15, 0.2) is 0 Å². The second-order valence-electron chi connectivity index (χ2n) is 7.43. The number of aromatic nitrogens is 2. The number of benzene rings is 1. The Hall–Kier alpha value is -2.74. The third-order valence-corrected chi connectivity index (χ3v) is 5.59. The van der Waals surface area contributed by atoms with Gasteiger partial charge in [0, 0.05) is 44.7 Å². The van der Waals surface area contributed by atoms with E-state index in [1.54, 1.807) is 22.9 Å². The quantitative estimate of drug-likeness (QED) is 0.752. The molecule has 0 unspecified atom stereocenters. The molecule has 2 amide bonds. The minimum absolute atomic E-state index is 0.0215. The predicted octanol–water partition coefficient (Wildman–Crippen LogP) is 0.163. The molecule has 2 aromatic rings. The number of hydrogen-bond acceptors (Lipinski definition) is 5. The van der Waals surface area contributed by atoms with Crippen LogP contribution in [0.2, 0.25) is 0 Å². The lowest BCUT2D eigenvalue weighted by atomic mass is 10.2. The summed E-state index contributed by atoms with van der Waals surface area (Å²) in [5.41, 5.74) is 0.522. The Balaban J connectivity index is 1.34. The van der Waals surface area contributed by atoms with Gasteiger partial charge in [0.1, 0.15) is 6.54 Å². The van der Waals surface area contributed by atoms with Gasteiger partial charge in [-0.2, -0.15) is 5.10 Å². The molecule has 4 rings (SSSR count). The van der Waals surface area contributed by atoms with E-state index in [0.717, 1.165) is 25.9 Å². The molecular weight excluding hydrogens is 358 g/mol. The van der Waals surface area contributed by atoms with Gasteiger partial charge in [-0.15, -0.1) is 0 Å². The number of amides is 2. The average Bonchev–Trinajstić information content (AvgIpc) is 3.26. The van der Waals surface area contributed by atoms with E-state index >= 15 is 0 Å². The van der Waals surface area contributed by atoms with Gasteiger partial charge >= 0.3 is 0 Å². The zero-order valence-electron chi connectivity index (χ0n) is 15.9. The first-order valence-electron chi connectivity index (χ1n) is 9.84. The largest absolute Gasteiger partial charge is 0.342 e. The Bertz CT molecular complexity index is 927. The molecular formula is C20H25N5O3. The van der Waals surface area contributed by atoms with Crippen molar-refractivity contribution in [3.63, 3.8) is 0 Å². The zero-order chi connectivity index (χ0) is 19.5. The molecule has 0 atom stereocenters. The Morgan fingerprint density at radius 1 is 0.857 bits per heavy atom. The molecule has 148 valence electrons. The van der Waals surface area contributed by atoms with Crippen molar-refractivity contribution in [2.24, 2.45) is 0 Å². The van der Waals surface area contributed by atoms with Crippen molar-refractivity contribution >= 4 is 22.7 Å². The molecule has 2 aliphatic heterocycles. The summed E-state index contributed by atoms with van der Waals surface area (Å²) in [7, 11) is 0. The summed E-state index contributed by atoms with van der Waals surface area (Å²) >= 11 is 0. The summed E-state index contributed by atoms with van der Waals surface area (Å²) in [6.45, 7) is 4.89. The molecule has 0 radical (unpaired) electrons. The number of fused-ring (bicyclic) bond motifs is 1. The molecule has 3 heterocycles. The highest BCUT2D eigenvalue weighted by Crippen LogP contribution is 2.11. The van der Waals surface area contributed by atoms with Crippen LogP contribution in [-0.4, -0.2) is 82.1 Å². The lowest BCUT2D eigenvalue weighted by Crippen LogP contribution is -2.52. The molecule has 28 heavy (non-hydrogen) atoms. The molecule has 8 nitrogen and oxygen atoms in total. The number of likely N-dealkylation sites (tertiary alicyclic amines) is 1. The van der Waals surface area contributed by atoms with Gasteiger partial charge in [0.05, 0.1) is 18.3 Å². The van der Waals surface area contributed by atoms with E-state index in [2.05, 4.69) is 10.00 Å². The van der Waals surface area contributed by atoms with Crippen molar-refractivity contribution in [2.75, 3.05) is 45.8 Å². The van der Waals surface area contributed by atoms with E-state index in [4.69, 9.17) is 0 Å². The lowest BCUT2D eigenvalue weighted by Gasteiger charge is -2.35. The Morgan fingerprint density at radius 2 is 1.50 bits per heavy atom. The number of carbonyl (C=O) groups is 2. The summed E-state index contributed by atoms with van der Waals surface area (Å²) in [4.78, 5) is 42.8. The predicted molar refractivity (Wildman–Crippen MR) is 105 cm³/mol. The van der Waals surface area contributed by atoms with Crippen molar-refractivity contribution in [3.05, 3.63) is 40.7 Å². The zero-order valence-corrected chi connectivity index (χ0v) is 15.9. The highest BCUT2D eigenvalue weighted by molar-refractivity contribution is 5.82. The van der Waals surface area contributed by atoms with Crippen molar-refractivity contribution in [1.29, 1.82) is 0 Å². The van der Waals surface area contributed by atoms with Crippen LogP contribution in [0.4, 0.5) is 0 Å². The average molecular weight is 383 g/mol. The molecule has 0 spiro atoms. The molecule has 2 aliphatic rings. The van der Waals surface area contributed by atoms with Crippen LogP contribution in [0.15, 0.2) is 35.3 Å². The second-order valence-corrected chi connectivity index (χ2v) is 7.43. The third kappa shape index (κ3) is 3.91. The lowest BCUT2D eigenvalue weighted by molar-refractivity contribution is -0.135. The summed E-state index contributed by atoms with van der Waals surface area (Å²) in [6, 6.07) is 7.19. The molecule has 0 aliphatic carbocycles. The van der Waals surface area contributed by atoms with E-state index in [1.165, 1.54) is 6.20 Å². The fourth-order valence-corrected chi connectivity index (χ4v) is 3.93. The minimum Gasteiger partial charge on any atom is -0.342 e. The summed E-state index contributed by atoms with van der Waals surface area (Å²) < 4.78 is 1.59. The summed E-state index contributed by atoms with van der Waals surface area (Å²) in [6.07, 6.45) is 3.46. The molecule has 8 heteroatoms. The van der Waals surface area contributed by atoms with Gasteiger partial charge < -0.3 is 9.80 Å². The summed E-state index contributed by atoms with van der Waals surface area (Å²) in [5.74, 6) is 0.174. The second kappa shape index (κ2) is 8.10. The smallest absolute Gasteiger partial charge is 0.244 e. The van der Waals surface area contributed by atoms with Crippen molar-refractivity contribution in [3.8, 4) is 0 Å². The van der Waals surface area contributed by atoms with Crippen LogP contribution in [0.3, 0.4) is 0 Å². The summed E-state index contributed by atoms with van der Waals surface area (Å²) in [5, 5.41) is 4.70. The first-order valence-corrected chi connectivity index (χ1v) is 9.84. The highest BCUT2D eigenvalue weighted by Gasteiger charge is 2.25.